The fourth-order valence-corrected chi connectivity index (χ4v) is 1.90. The van der Waals surface area contributed by atoms with Crippen LogP contribution in [0.3, 0.4) is 0 Å². The number of hydrogen-bond donors (Lipinski definition) is 2. The maximum atomic E-state index is 11.9. The standard InChI is InChI=1S/C16H26N2O3/c1-11-10-14(12(2)17)6-7-15(11)21-13(3)16(19)18-8-5-9-20-4/h6-7,10,12-13H,5,8-9,17H2,1-4H3,(H,18,19)/t12-,13?/m1/s1. The number of nitrogens with two attached hydrogens (primary N) is 1. The molecule has 1 aromatic carbocycles. The van der Waals surface area contributed by atoms with Crippen LogP contribution in [-0.2, 0) is 9.53 Å². The van der Waals surface area contributed by atoms with Crippen LogP contribution in [0.25, 0.3) is 0 Å². The van der Waals surface area contributed by atoms with Crippen molar-refractivity contribution >= 4 is 5.91 Å². The van der Waals surface area contributed by atoms with Gasteiger partial charge in [0, 0.05) is 26.3 Å². The minimum absolute atomic E-state index is 0.0146. The molecule has 0 spiro atoms. The monoisotopic (exact) mass is 294 g/mol. The van der Waals surface area contributed by atoms with E-state index in [9.17, 15) is 4.79 Å². The number of carbonyl (C=O) groups is 1. The summed E-state index contributed by atoms with van der Waals surface area (Å²) in [5, 5.41) is 2.82. The summed E-state index contributed by atoms with van der Waals surface area (Å²) in [5.41, 5.74) is 7.87. The highest BCUT2D eigenvalue weighted by molar-refractivity contribution is 5.80. The van der Waals surface area contributed by atoms with Gasteiger partial charge in [0.05, 0.1) is 0 Å². The van der Waals surface area contributed by atoms with E-state index < -0.39 is 6.10 Å². The van der Waals surface area contributed by atoms with E-state index in [-0.39, 0.29) is 11.9 Å². The summed E-state index contributed by atoms with van der Waals surface area (Å²) in [4.78, 5) is 11.9. The Kier molecular flexibility index (Phi) is 7.19. The van der Waals surface area contributed by atoms with Gasteiger partial charge < -0.3 is 20.5 Å². The first-order valence-electron chi connectivity index (χ1n) is 7.25. The first-order chi connectivity index (χ1) is 9.95. The van der Waals surface area contributed by atoms with Crippen LogP contribution < -0.4 is 15.8 Å². The third-order valence-corrected chi connectivity index (χ3v) is 3.22. The highest BCUT2D eigenvalue weighted by Gasteiger charge is 2.15. The van der Waals surface area contributed by atoms with E-state index in [4.69, 9.17) is 15.2 Å². The third kappa shape index (κ3) is 5.73. The van der Waals surface area contributed by atoms with Gasteiger partial charge in [-0.05, 0) is 44.4 Å². The van der Waals surface area contributed by atoms with Gasteiger partial charge in [-0.2, -0.15) is 0 Å². The van der Waals surface area contributed by atoms with E-state index in [0.717, 1.165) is 17.5 Å². The Morgan fingerprint density at radius 2 is 2.10 bits per heavy atom. The van der Waals surface area contributed by atoms with Crippen molar-refractivity contribution in [2.45, 2.75) is 39.3 Å². The number of nitrogens with one attached hydrogen (secondary N) is 1. The van der Waals surface area contributed by atoms with Crippen molar-refractivity contribution in [3.05, 3.63) is 29.3 Å². The second-order valence-corrected chi connectivity index (χ2v) is 5.21. The van der Waals surface area contributed by atoms with Crippen molar-refractivity contribution in [3.8, 4) is 5.75 Å². The van der Waals surface area contributed by atoms with E-state index in [1.807, 2.05) is 32.0 Å². The molecule has 5 nitrogen and oxygen atoms in total. The third-order valence-electron chi connectivity index (χ3n) is 3.22. The quantitative estimate of drug-likeness (QED) is 0.719. The normalized spacial score (nSPS) is 13.6. The van der Waals surface area contributed by atoms with Crippen LogP contribution >= 0.6 is 0 Å². The molecule has 0 aliphatic rings. The largest absolute Gasteiger partial charge is 0.481 e. The molecule has 1 aromatic rings. The summed E-state index contributed by atoms with van der Waals surface area (Å²) >= 11 is 0. The summed E-state index contributed by atoms with van der Waals surface area (Å²) in [6, 6.07) is 5.77. The maximum absolute atomic E-state index is 11.9. The molecule has 0 saturated carbocycles. The lowest BCUT2D eigenvalue weighted by Gasteiger charge is -2.17. The Hall–Kier alpha value is -1.59. The Bertz CT molecular complexity index is 461. The van der Waals surface area contributed by atoms with Crippen LogP contribution in [0.2, 0.25) is 0 Å². The molecular formula is C16H26N2O3. The summed E-state index contributed by atoms with van der Waals surface area (Å²) in [6.07, 6.45) is 0.254. The number of hydrogen-bond acceptors (Lipinski definition) is 4. The first kappa shape index (κ1) is 17.5. The lowest BCUT2D eigenvalue weighted by Crippen LogP contribution is -2.37. The molecule has 0 saturated heterocycles. The summed E-state index contributed by atoms with van der Waals surface area (Å²) < 4.78 is 10.6. The highest BCUT2D eigenvalue weighted by atomic mass is 16.5. The second-order valence-electron chi connectivity index (χ2n) is 5.21. The molecule has 0 bridgehead atoms. The van der Waals surface area contributed by atoms with E-state index >= 15 is 0 Å². The van der Waals surface area contributed by atoms with Crippen molar-refractivity contribution < 1.29 is 14.3 Å². The van der Waals surface area contributed by atoms with E-state index in [1.165, 1.54) is 0 Å². The Morgan fingerprint density at radius 1 is 1.38 bits per heavy atom. The van der Waals surface area contributed by atoms with Crippen LogP contribution in [-0.4, -0.2) is 32.3 Å². The molecule has 1 amide bonds. The molecule has 0 aromatic heterocycles. The fraction of sp³-hybridized carbons (Fsp3) is 0.562. The van der Waals surface area contributed by atoms with Gasteiger partial charge in [-0.3, -0.25) is 4.79 Å². The summed E-state index contributed by atoms with van der Waals surface area (Å²) in [7, 11) is 1.64. The van der Waals surface area contributed by atoms with E-state index in [1.54, 1.807) is 14.0 Å². The molecular weight excluding hydrogens is 268 g/mol. The Morgan fingerprint density at radius 3 is 2.67 bits per heavy atom. The molecule has 0 aliphatic carbocycles. The molecule has 0 aliphatic heterocycles. The highest BCUT2D eigenvalue weighted by Crippen LogP contribution is 2.22. The van der Waals surface area contributed by atoms with Crippen LogP contribution in [0.1, 0.15) is 37.4 Å². The first-order valence-corrected chi connectivity index (χ1v) is 7.25. The molecule has 0 radical (unpaired) electrons. The van der Waals surface area contributed by atoms with Gasteiger partial charge in [0.25, 0.3) is 5.91 Å². The average molecular weight is 294 g/mol. The lowest BCUT2D eigenvalue weighted by molar-refractivity contribution is -0.127. The Labute approximate surface area is 126 Å². The van der Waals surface area contributed by atoms with Crippen molar-refractivity contribution in [2.75, 3.05) is 20.3 Å². The fourth-order valence-electron chi connectivity index (χ4n) is 1.90. The minimum atomic E-state index is -0.535. The average Bonchev–Trinajstić information content (AvgIpc) is 2.45. The molecule has 1 rings (SSSR count). The molecule has 0 heterocycles. The van der Waals surface area contributed by atoms with Crippen LogP contribution in [0, 0.1) is 6.92 Å². The van der Waals surface area contributed by atoms with E-state index in [2.05, 4.69) is 5.32 Å². The van der Waals surface area contributed by atoms with Crippen LogP contribution in [0.4, 0.5) is 0 Å². The topological polar surface area (TPSA) is 73.6 Å². The molecule has 0 fully saturated rings. The zero-order valence-electron chi connectivity index (χ0n) is 13.3. The van der Waals surface area contributed by atoms with Crippen LogP contribution in [0.5, 0.6) is 5.75 Å². The minimum Gasteiger partial charge on any atom is -0.481 e. The molecule has 21 heavy (non-hydrogen) atoms. The van der Waals surface area contributed by atoms with Crippen molar-refractivity contribution in [2.24, 2.45) is 5.73 Å². The van der Waals surface area contributed by atoms with Gasteiger partial charge in [-0.1, -0.05) is 12.1 Å². The Balaban J connectivity index is 2.54. The molecule has 1 unspecified atom stereocenters. The zero-order chi connectivity index (χ0) is 15.8. The number of ether oxygens (including phenoxy) is 2. The molecule has 5 heteroatoms. The lowest BCUT2D eigenvalue weighted by atomic mass is 10.1. The molecule has 118 valence electrons. The summed E-state index contributed by atoms with van der Waals surface area (Å²) in [5.74, 6) is 0.584. The predicted octanol–water partition coefficient (Wildman–Crippen LogP) is 1.93. The zero-order valence-corrected chi connectivity index (χ0v) is 13.3. The molecule has 3 N–H and O–H groups in total. The maximum Gasteiger partial charge on any atom is 0.260 e. The van der Waals surface area contributed by atoms with Gasteiger partial charge in [0.15, 0.2) is 6.10 Å². The number of benzene rings is 1. The van der Waals surface area contributed by atoms with Crippen molar-refractivity contribution in [1.82, 2.24) is 5.32 Å². The van der Waals surface area contributed by atoms with Crippen molar-refractivity contribution in [3.63, 3.8) is 0 Å². The van der Waals surface area contributed by atoms with E-state index in [0.29, 0.717) is 18.9 Å². The van der Waals surface area contributed by atoms with Gasteiger partial charge in [0.2, 0.25) is 0 Å². The molecule has 2 atom stereocenters. The van der Waals surface area contributed by atoms with Gasteiger partial charge in [-0.25, -0.2) is 0 Å². The summed E-state index contributed by atoms with van der Waals surface area (Å²) in [6.45, 7) is 6.84. The van der Waals surface area contributed by atoms with Gasteiger partial charge >= 0.3 is 0 Å². The van der Waals surface area contributed by atoms with Crippen molar-refractivity contribution in [1.29, 1.82) is 0 Å². The number of rotatable bonds is 8. The van der Waals surface area contributed by atoms with Gasteiger partial charge in [0.1, 0.15) is 5.75 Å². The number of carbonyl (C=O) groups excluding carboxylic acids is 1. The van der Waals surface area contributed by atoms with Gasteiger partial charge in [-0.15, -0.1) is 0 Å². The number of methoxy groups -OCH3 is 1. The smallest absolute Gasteiger partial charge is 0.260 e. The van der Waals surface area contributed by atoms with Crippen LogP contribution in [0.15, 0.2) is 18.2 Å². The number of amides is 1. The SMILES string of the molecule is COCCCNC(=O)C(C)Oc1ccc([C@@H](C)N)cc1C. The predicted molar refractivity (Wildman–Crippen MR) is 83.4 cm³/mol. The number of aryl methyl sites for hydroxylation is 1. The second kappa shape index (κ2) is 8.64.